The Morgan fingerprint density at radius 2 is 2.04 bits per heavy atom. The van der Waals surface area contributed by atoms with Crippen LogP contribution in [0.5, 0.6) is 5.75 Å². The van der Waals surface area contributed by atoms with E-state index in [9.17, 15) is 14.4 Å². The Balaban J connectivity index is 2.16. The maximum absolute atomic E-state index is 12.5. The van der Waals surface area contributed by atoms with Gasteiger partial charge in [0.25, 0.3) is 0 Å². The lowest BCUT2D eigenvalue weighted by molar-refractivity contribution is -0.121. The molecule has 1 aliphatic heterocycles. The summed E-state index contributed by atoms with van der Waals surface area (Å²) in [5.41, 5.74) is 5.81. The number of rotatable bonds is 4. The van der Waals surface area contributed by atoms with Gasteiger partial charge in [-0.05, 0) is 31.0 Å². The summed E-state index contributed by atoms with van der Waals surface area (Å²) >= 11 is 0. The third kappa shape index (κ3) is 3.95. The predicted octanol–water partition coefficient (Wildman–Crippen LogP) is 1.21. The Morgan fingerprint density at radius 3 is 2.67 bits per heavy atom. The van der Waals surface area contributed by atoms with Crippen molar-refractivity contribution in [2.24, 2.45) is 11.7 Å². The molecule has 2 rings (SSSR count). The van der Waals surface area contributed by atoms with Crippen molar-refractivity contribution in [3.05, 3.63) is 23.8 Å². The van der Waals surface area contributed by atoms with Crippen LogP contribution in [0.25, 0.3) is 0 Å². The molecule has 0 aromatic heterocycles. The van der Waals surface area contributed by atoms with Crippen molar-refractivity contribution in [1.29, 1.82) is 0 Å². The minimum absolute atomic E-state index is 0.202. The van der Waals surface area contributed by atoms with E-state index in [4.69, 9.17) is 15.2 Å². The van der Waals surface area contributed by atoms with E-state index in [0.29, 0.717) is 30.8 Å². The first-order valence-corrected chi connectivity index (χ1v) is 7.58. The number of hydrogen-bond acceptors (Lipinski definition) is 5. The van der Waals surface area contributed by atoms with E-state index >= 15 is 0 Å². The lowest BCUT2D eigenvalue weighted by Crippen LogP contribution is -2.46. The molecular formula is C16H21N3O5. The molecule has 0 unspecified atom stereocenters. The Labute approximate surface area is 139 Å². The molecule has 1 fully saturated rings. The van der Waals surface area contributed by atoms with E-state index in [2.05, 4.69) is 5.32 Å². The molecule has 24 heavy (non-hydrogen) atoms. The normalized spacial score (nSPS) is 17.1. The van der Waals surface area contributed by atoms with Gasteiger partial charge in [0.2, 0.25) is 5.91 Å². The zero-order chi connectivity index (χ0) is 17.7. The number of hydrogen-bond donors (Lipinski definition) is 2. The molecule has 3 N–H and O–H groups in total. The minimum atomic E-state index is -0.577. The van der Waals surface area contributed by atoms with Crippen LogP contribution in [0.4, 0.5) is 10.5 Å². The molecule has 1 atom stereocenters. The van der Waals surface area contributed by atoms with E-state index < -0.39 is 12.0 Å². The fourth-order valence-electron chi connectivity index (χ4n) is 2.66. The van der Waals surface area contributed by atoms with E-state index in [0.717, 1.165) is 0 Å². The van der Waals surface area contributed by atoms with E-state index in [1.807, 2.05) is 0 Å². The first-order valence-electron chi connectivity index (χ1n) is 7.58. The van der Waals surface area contributed by atoms with Gasteiger partial charge in [-0.1, -0.05) is 0 Å². The van der Waals surface area contributed by atoms with Crippen molar-refractivity contribution < 1.29 is 23.9 Å². The Bertz CT molecular complexity index is 647. The van der Waals surface area contributed by atoms with Crippen LogP contribution >= 0.6 is 0 Å². The first kappa shape index (κ1) is 17.6. The number of urea groups is 1. The fourth-order valence-corrected chi connectivity index (χ4v) is 2.66. The van der Waals surface area contributed by atoms with Crippen molar-refractivity contribution in [1.82, 2.24) is 4.90 Å². The second-order valence-corrected chi connectivity index (χ2v) is 5.52. The third-order valence-electron chi connectivity index (χ3n) is 3.99. The molecule has 0 spiro atoms. The molecule has 1 heterocycles. The highest BCUT2D eigenvalue weighted by atomic mass is 16.5. The van der Waals surface area contributed by atoms with E-state index in [1.165, 1.54) is 25.2 Å². The van der Waals surface area contributed by atoms with Crippen LogP contribution < -0.4 is 15.8 Å². The molecular weight excluding hydrogens is 314 g/mol. The molecule has 8 heteroatoms. The number of amides is 3. The summed E-state index contributed by atoms with van der Waals surface area (Å²) in [6, 6.07) is 4.18. The number of esters is 1. The number of benzene rings is 1. The van der Waals surface area contributed by atoms with Gasteiger partial charge in [0, 0.05) is 13.1 Å². The largest absolute Gasteiger partial charge is 0.497 e. The quantitative estimate of drug-likeness (QED) is 0.804. The summed E-state index contributed by atoms with van der Waals surface area (Å²) in [4.78, 5) is 37.1. The van der Waals surface area contributed by atoms with Crippen LogP contribution in [-0.4, -0.2) is 50.1 Å². The minimum Gasteiger partial charge on any atom is -0.497 e. The lowest BCUT2D eigenvalue weighted by Gasteiger charge is -2.30. The van der Waals surface area contributed by atoms with Gasteiger partial charge in [0.05, 0.1) is 31.4 Å². The van der Waals surface area contributed by atoms with Crippen LogP contribution in [0.1, 0.15) is 23.2 Å². The number of likely N-dealkylation sites (tertiary alicyclic amines) is 1. The second-order valence-electron chi connectivity index (χ2n) is 5.52. The maximum atomic E-state index is 12.5. The zero-order valence-electron chi connectivity index (χ0n) is 13.7. The summed E-state index contributed by atoms with van der Waals surface area (Å²) in [7, 11) is 2.74. The van der Waals surface area contributed by atoms with Crippen molar-refractivity contribution in [2.45, 2.75) is 12.8 Å². The summed E-state index contributed by atoms with van der Waals surface area (Å²) in [6.45, 7) is 0.819. The number of carbonyl (C=O) groups is 3. The van der Waals surface area contributed by atoms with E-state index in [1.54, 1.807) is 12.1 Å². The van der Waals surface area contributed by atoms with Crippen LogP contribution in [-0.2, 0) is 9.53 Å². The van der Waals surface area contributed by atoms with Gasteiger partial charge in [-0.15, -0.1) is 0 Å². The van der Waals surface area contributed by atoms with Crippen LogP contribution in [0.2, 0.25) is 0 Å². The smallest absolute Gasteiger partial charge is 0.340 e. The van der Waals surface area contributed by atoms with Crippen molar-refractivity contribution in [2.75, 3.05) is 32.6 Å². The van der Waals surface area contributed by atoms with Gasteiger partial charge in [-0.3, -0.25) is 4.79 Å². The molecule has 1 aliphatic rings. The Kier molecular flexibility index (Phi) is 5.62. The number of carbonyl (C=O) groups excluding carboxylic acids is 3. The number of nitrogens with two attached hydrogens (primary N) is 1. The number of ether oxygens (including phenoxy) is 2. The third-order valence-corrected chi connectivity index (χ3v) is 3.99. The van der Waals surface area contributed by atoms with Gasteiger partial charge < -0.3 is 25.4 Å². The molecule has 0 radical (unpaired) electrons. The molecule has 1 aromatic carbocycles. The average molecular weight is 335 g/mol. The van der Waals surface area contributed by atoms with Gasteiger partial charge in [-0.2, -0.15) is 0 Å². The molecule has 3 amide bonds. The standard InChI is InChI=1S/C16H21N3O5/c1-23-11-5-6-13(12(8-11)15(21)24-2)18-14(20)10-4-3-7-19(9-10)16(17)22/h5-6,8,10H,3-4,7,9H2,1-2H3,(H2,17,22)(H,18,20)/t10-/m0/s1. The van der Waals surface area contributed by atoms with Gasteiger partial charge in [-0.25, -0.2) is 9.59 Å². The molecule has 0 saturated carbocycles. The zero-order valence-corrected chi connectivity index (χ0v) is 13.7. The number of nitrogens with zero attached hydrogens (tertiary/aromatic N) is 1. The highest BCUT2D eigenvalue weighted by molar-refractivity contribution is 6.02. The summed E-state index contributed by atoms with van der Waals surface area (Å²) in [5, 5.41) is 2.73. The van der Waals surface area contributed by atoms with Crippen LogP contribution in [0, 0.1) is 5.92 Å². The van der Waals surface area contributed by atoms with Crippen LogP contribution in [0.3, 0.4) is 0 Å². The highest BCUT2D eigenvalue weighted by Gasteiger charge is 2.28. The van der Waals surface area contributed by atoms with E-state index in [-0.39, 0.29) is 23.9 Å². The predicted molar refractivity (Wildman–Crippen MR) is 86.8 cm³/mol. The number of piperidine rings is 1. The fraction of sp³-hybridized carbons (Fsp3) is 0.438. The topological polar surface area (TPSA) is 111 Å². The van der Waals surface area contributed by atoms with Crippen LogP contribution in [0.15, 0.2) is 18.2 Å². The van der Waals surface area contributed by atoms with Gasteiger partial charge in [0.15, 0.2) is 0 Å². The monoisotopic (exact) mass is 335 g/mol. The second kappa shape index (κ2) is 7.67. The van der Waals surface area contributed by atoms with Crippen molar-refractivity contribution >= 4 is 23.6 Å². The van der Waals surface area contributed by atoms with Gasteiger partial charge in [0.1, 0.15) is 5.75 Å². The molecule has 1 aromatic rings. The molecule has 0 bridgehead atoms. The maximum Gasteiger partial charge on any atom is 0.340 e. The first-order chi connectivity index (χ1) is 11.5. The average Bonchev–Trinajstić information content (AvgIpc) is 2.61. The SMILES string of the molecule is COC(=O)c1cc(OC)ccc1NC(=O)[C@H]1CCCN(C(N)=O)C1. The number of anilines is 1. The Morgan fingerprint density at radius 1 is 1.29 bits per heavy atom. The summed E-state index contributed by atoms with van der Waals surface area (Å²) < 4.78 is 9.82. The molecule has 8 nitrogen and oxygen atoms in total. The van der Waals surface area contributed by atoms with Crippen molar-refractivity contribution in [3.63, 3.8) is 0 Å². The summed E-state index contributed by atoms with van der Waals surface area (Å²) in [6.07, 6.45) is 1.35. The lowest BCUT2D eigenvalue weighted by atomic mass is 9.97. The summed E-state index contributed by atoms with van der Waals surface area (Å²) in [5.74, 6) is -0.743. The molecule has 1 saturated heterocycles. The van der Waals surface area contributed by atoms with Gasteiger partial charge >= 0.3 is 12.0 Å². The van der Waals surface area contributed by atoms with Crippen molar-refractivity contribution in [3.8, 4) is 5.75 Å². The highest BCUT2D eigenvalue weighted by Crippen LogP contribution is 2.25. The molecule has 130 valence electrons. The molecule has 0 aliphatic carbocycles. The number of methoxy groups -OCH3 is 2. The number of nitrogens with one attached hydrogen (secondary N) is 1. The number of primary amides is 1. The Hall–Kier alpha value is -2.77.